The molecule has 1 spiro atoms. The molecule has 0 amide bonds. The number of furan rings is 1. The van der Waals surface area contributed by atoms with Crippen molar-refractivity contribution in [2.24, 2.45) is 23.7 Å². The first-order chi connectivity index (χ1) is 32.7. The van der Waals surface area contributed by atoms with E-state index in [1.165, 1.54) is 82.3 Å². The Bertz CT molecular complexity index is 3480. The van der Waals surface area contributed by atoms with Gasteiger partial charge in [-0.3, -0.25) is 0 Å². The maximum Gasteiger partial charge on any atom is 0.143 e. The Hall–Kier alpha value is -7.42. The Kier molecular flexibility index (Phi) is 8.50. The molecule has 4 fully saturated rings. The minimum Gasteiger partial charge on any atom is -0.455 e. The molecule has 5 aliphatic carbocycles. The summed E-state index contributed by atoms with van der Waals surface area (Å²) in [5, 5.41) is 2.29. The third-order valence-corrected chi connectivity index (χ3v) is 16.3. The molecule has 9 aromatic carbocycles. The summed E-state index contributed by atoms with van der Waals surface area (Å²) in [6.07, 6.45) is 6.97. The van der Waals surface area contributed by atoms with Crippen LogP contribution in [0, 0.1) is 23.7 Å². The second-order valence-electron chi connectivity index (χ2n) is 19.6. The van der Waals surface area contributed by atoms with Crippen LogP contribution in [0.3, 0.4) is 0 Å². The quantitative estimate of drug-likeness (QED) is 0.159. The molecule has 1 aromatic heterocycles. The van der Waals surface area contributed by atoms with E-state index in [9.17, 15) is 0 Å². The lowest BCUT2D eigenvalue weighted by Gasteiger charge is -2.61. The third-order valence-electron chi connectivity index (χ3n) is 16.3. The van der Waals surface area contributed by atoms with Gasteiger partial charge in [-0.25, -0.2) is 0 Å². The largest absolute Gasteiger partial charge is 0.455 e. The van der Waals surface area contributed by atoms with E-state index in [1.54, 1.807) is 11.1 Å². The summed E-state index contributed by atoms with van der Waals surface area (Å²) in [7, 11) is 0. The Morgan fingerprint density at radius 1 is 0.364 bits per heavy atom. The molecule has 0 atom stereocenters. The molecular formula is C64H49NO. The lowest BCUT2D eigenvalue weighted by Crippen LogP contribution is -2.55. The lowest BCUT2D eigenvalue weighted by molar-refractivity contribution is -0.0399. The molecule has 4 bridgehead atoms. The highest BCUT2D eigenvalue weighted by molar-refractivity contribution is 6.09. The number of rotatable bonds is 7. The van der Waals surface area contributed by atoms with Crippen LogP contribution >= 0.6 is 0 Å². The second-order valence-corrected chi connectivity index (χ2v) is 19.6. The normalized spacial score (nSPS) is 21.1. The molecule has 0 unspecified atom stereocenters. The number of benzene rings is 9. The third kappa shape index (κ3) is 5.61. The van der Waals surface area contributed by atoms with Gasteiger partial charge in [0.25, 0.3) is 0 Å². The van der Waals surface area contributed by atoms with Crippen molar-refractivity contribution in [3.63, 3.8) is 0 Å². The van der Waals surface area contributed by atoms with E-state index < -0.39 is 0 Å². The number of hydrogen-bond donors (Lipinski definition) is 0. The minimum absolute atomic E-state index is 0.116. The van der Waals surface area contributed by atoms with E-state index in [0.717, 1.165) is 68.1 Å². The van der Waals surface area contributed by atoms with Crippen molar-refractivity contribution in [1.82, 2.24) is 0 Å². The van der Waals surface area contributed by atoms with Crippen LogP contribution in [0.1, 0.15) is 43.2 Å². The van der Waals surface area contributed by atoms with Gasteiger partial charge in [-0.15, -0.1) is 0 Å². The number of hydrogen-bond acceptors (Lipinski definition) is 2. The minimum atomic E-state index is 0.116. The Labute approximate surface area is 386 Å². The molecule has 1 heterocycles. The van der Waals surface area contributed by atoms with Crippen LogP contribution in [0.2, 0.25) is 0 Å². The molecule has 66 heavy (non-hydrogen) atoms. The van der Waals surface area contributed by atoms with E-state index in [2.05, 4.69) is 211 Å². The highest BCUT2D eigenvalue weighted by Gasteiger charge is 2.61. The fourth-order valence-corrected chi connectivity index (χ4v) is 13.9. The van der Waals surface area contributed by atoms with Crippen molar-refractivity contribution < 1.29 is 4.42 Å². The molecule has 0 N–H and O–H groups in total. The van der Waals surface area contributed by atoms with Gasteiger partial charge in [0, 0.05) is 38.7 Å². The van der Waals surface area contributed by atoms with Crippen LogP contribution < -0.4 is 4.90 Å². The molecule has 2 nitrogen and oxygen atoms in total. The summed E-state index contributed by atoms with van der Waals surface area (Å²) in [5.74, 6) is 3.26. The molecule has 316 valence electrons. The Morgan fingerprint density at radius 3 is 1.65 bits per heavy atom. The van der Waals surface area contributed by atoms with Gasteiger partial charge in [0.1, 0.15) is 11.2 Å². The summed E-state index contributed by atoms with van der Waals surface area (Å²) in [4.78, 5) is 2.52. The van der Waals surface area contributed by atoms with E-state index in [4.69, 9.17) is 4.42 Å². The Balaban J connectivity index is 0.958. The van der Waals surface area contributed by atoms with E-state index in [0.29, 0.717) is 0 Å². The zero-order valence-corrected chi connectivity index (χ0v) is 36.9. The zero-order chi connectivity index (χ0) is 43.3. The monoisotopic (exact) mass is 847 g/mol. The fourth-order valence-electron chi connectivity index (χ4n) is 13.9. The van der Waals surface area contributed by atoms with Gasteiger partial charge in [0.15, 0.2) is 0 Å². The maximum absolute atomic E-state index is 6.55. The lowest BCUT2D eigenvalue weighted by atomic mass is 9.43. The average molecular weight is 848 g/mol. The van der Waals surface area contributed by atoms with Crippen LogP contribution in [-0.4, -0.2) is 0 Å². The topological polar surface area (TPSA) is 16.4 Å². The van der Waals surface area contributed by atoms with Gasteiger partial charge in [0.05, 0.1) is 5.69 Å². The smallest absolute Gasteiger partial charge is 0.143 e. The van der Waals surface area contributed by atoms with Crippen LogP contribution in [0.5, 0.6) is 0 Å². The summed E-state index contributed by atoms with van der Waals surface area (Å²) in [5.41, 5.74) is 20.9. The zero-order valence-electron chi connectivity index (χ0n) is 36.9. The molecule has 0 saturated heterocycles. The second kappa shape index (κ2) is 14.8. The molecular weight excluding hydrogens is 799 g/mol. The highest BCUT2D eigenvalue weighted by atomic mass is 16.3. The molecule has 10 aromatic rings. The van der Waals surface area contributed by atoms with Crippen molar-refractivity contribution in [1.29, 1.82) is 0 Å². The fraction of sp³-hybridized carbons (Fsp3) is 0.156. The number of anilines is 3. The van der Waals surface area contributed by atoms with Crippen molar-refractivity contribution in [2.75, 3.05) is 4.90 Å². The molecule has 0 radical (unpaired) electrons. The summed E-state index contributed by atoms with van der Waals surface area (Å²) < 4.78 is 6.55. The van der Waals surface area contributed by atoms with Crippen LogP contribution in [-0.2, 0) is 5.41 Å². The van der Waals surface area contributed by atoms with Gasteiger partial charge >= 0.3 is 0 Å². The predicted molar refractivity (Wildman–Crippen MR) is 273 cm³/mol. The molecule has 2 heteroatoms. The summed E-state index contributed by atoms with van der Waals surface area (Å²) in [6, 6.07) is 78.8. The number of nitrogens with zero attached hydrogens (tertiary/aromatic N) is 1. The van der Waals surface area contributed by atoms with E-state index >= 15 is 0 Å². The van der Waals surface area contributed by atoms with Gasteiger partial charge in [-0.05, 0) is 148 Å². The van der Waals surface area contributed by atoms with Gasteiger partial charge in [0.2, 0.25) is 0 Å². The van der Waals surface area contributed by atoms with Crippen molar-refractivity contribution in [3.8, 4) is 55.6 Å². The summed E-state index contributed by atoms with van der Waals surface area (Å²) in [6.45, 7) is 0. The van der Waals surface area contributed by atoms with Crippen molar-refractivity contribution in [3.05, 3.63) is 223 Å². The van der Waals surface area contributed by atoms with Gasteiger partial charge in [-0.1, -0.05) is 176 Å². The predicted octanol–water partition coefficient (Wildman–Crippen LogP) is 17.4. The molecule has 4 saturated carbocycles. The average Bonchev–Trinajstić information content (AvgIpc) is 3.90. The van der Waals surface area contributed by atoms with Crippen molar-refractivity contribution >= 4 is 39.0 Å². The first kappa shape index (κ1) is 37.9. The number of para-hydroxylation sites is 3. The summed E-state index contributed by atoms with van der Waals surface area (Å²) >= 11 is 0. The van der Waals surface area contributed by atoms with Gasteiger partial charge < -0.3 is 9.32 Å². The Morgan fingerprint density at radius 2 is 0.894 bits per heavy atom. The standard InChI is InChI=1S/C64H49NO/c1-2-15-43(16-3-1)49-17-4-5-18-51(49)52-19-6-7-20-53(52)55-22-9-12-27-61(55)65(47-31-29-44(30-32-47)50-24-14-25-57-56-23-10-13-28-62(56)66-63(50)57)48-33-34-60-58(40-48)54-21-8-11-26-59(54)64(60)45-36-41-35-42(38-45)39-46(64)37-41/h1-34,40-42,45-46H,35-39H2. The van der Waals surface area contributed by atoms with Crippen LogP contribution in [0.15, 0.2) is 217 Å². The highest BCUT2D eigenvalue weighted by Crippen LogP contribution is 2.69. The van der Waals surface area contributed by atoms with Crippen LogP contribution in [0.25, 0.3) is 77.6 Å². The molecule has 15 rings (SSSR count). The van der Waals surface area contributed by atoms with E-state index in [1.807, 2.05) is 6.07 Å². The van der Waals surface area contributed by atoms with E-state index in [-0.39, 0.29) is 5.41 Å². The number of fused-ring (bicyclic) bond motifs is 6. The van der Waals surface area contributed by atoms with Crippen molar-refractivity contribution in [2.45, 2.75) is 37.5 Å². The van der Waals surface area contributed by atoms with Crippen LogP contribution in [0.4, 0.5) is 17.1 Å². The first-order valence-corrected chi connectivity index (χ1v) is 24.1. The molecule has 5 aliphatic rings. The SMILES string of the molecule is c1ccc(-c2ccccc2-c2ccccc2-c2ccccc2N(c2ccc(-c3cccc4c3oc3ccccc34)cc2)c2ccc3c(c2)-c2ccccc2C32C3CC4CC(C3)CC2C4)cc1. The molecule has 0 aliphatic heterocycles. The van der Waals surface area contributed by atoms with Gasteiger partial charge in [-0.2, -0.15) is 0 Å². The first-order valence-electron chi connectivity index (χ1n) is 24.1. The maximum atomic E-state index is 6.55.